The Morgan fingerprint density at radius 2 is 1.59 bits per heavy atom. The average molecular weight is 450 g/mol. The second kappa shape index (κ2) is 8.62. The minimum atomic E-state index is -0.463. The van der Waals surface area contributed by atoms with Crippen molar-refractivity contribution in [3.05, 3.63) is 94.5 Å². The molecule has 0 radical (unpaired) electrons. The minimum absolute atomic E-state index is 0.0625. The summed E-state index contributed by atoms with van der Waals surface area (Å²) in [5.41, 5.74) is 3.17. The molecular formula is C24H20BrNO3. The highest BCUT2D eigenvalue weighted by Gasteiger charge is 2.36. The van der Waals surface area contributed by atoms with E-state index >= 15 is 0 Å². The summed E-state index contributed by atoms with van der Waals surface area (Å²) < 4.78 is 6.47. The number of benzene rings is 3. The van der Waals surface area contributed by atoms with Crippen LogP contribution in [0.3, 0.4) is 0 Å². The van der Waals surface area contributed by atoms with Gasteiger partial charge in [-0.25, -0.2) is 0 Å². The standard InChI is InChI=1S/C24H20BrNO3/c25-20-8-10-21(11-9-20)26-16-19(15-23(26)27)24(28)29-22-12-6-18(7-13-22)14-17-4-2-1-3-5-17/h1-13,19H,14-16H2/t19-/m0/s1. The molecule has 0 unspecified atom stereocenters. The van der Waals surface area contributed by atoms with Gasteiger partial charge in [0.05, 0.1) is 5.92 Å². The molecule has 3 aromatic carbocycles. The van der Waals surface area contributed by atoms with Gasteiger partial charge >= 0.3 is 5.97 Å². The zero-order valence-corrected chi connectivity index (χ0v) is 17.3. The van der Waals surface area contributed by atoms with Crippen LogP contribution in [-0.4, -0.2) is 18.4 Å². The molecule has 0 N–H and O–H groups in total. The van der Waals surface area contributed by atoms with Crippen molar-refractivity contribution in [2.45, 2.75) is 12.8 Å². The summed E-state index contributed by atoms with van der Waals surface area (Å²) in [6, 6.07) is 25.2. The van der Waals surface area contributed by atoms with Gasteiger partial charge in [0, 0.05) is 23.1 Å². The quantitative estimate of drug-likeness (QED) is 0.406. The van der Waals surface area contributed by atoms with Crippen molar-refractivity contribution in [1.82, 2.24) is 0 Å². The number of rotatable bonds is 5. The number of ether oxygens (including phenoxy) is 1. The van der Waals surface area contributed by atoms with Crippen molar-refractivity contribution in [1.29, 1.82) is 0 Å². The van der Waals surface area contributed by atoms with E-state index in [0.29, 0.717) is 12.3 Å². The first-order valence-electron chi connectivity index (χ1n) is 9.49. The number of carbonyl (C=O) groups is 2. The van der Waals surface area contributed by atoms with Crippen LogP contribution in [-0.2, 0) is 16.0 Å². The summed E-state index contributed by atoms with van der Waals surface area (Å²) in [4.78, 5) is 26.6. The SMILES string of the molecule is O=C(Oc1ccc(Cc2ccccc2)cc1)[C@H]1CC(=O)N(c2ccc(Br)cc2)C1. The molecule has 146 valence electrons. The molecule has 1 fully saturated rings. The number of nitrogens with zero attached hydrogens (tertiary/aromatic N) is 1. The van der Waals surface area contributed by atoms with Crippen molar-refractivity contribution < 1.29 is 14.3 Å². The van der Waals surface area contributed by atoms with E-state index in [0.717, 1.165) is 22.1 Å². The molecule has 1 aliphatic rings. The molecule has 1 saturated heterocycles. The van der Waals surface area contributed by atoms with E-state index in [1.54, 1.807) is 17.0 Å². The van der Waals surface area contributed by atoms with Gasteiger partial charge in [-0.2, -0.15) is 0 Å². The van der Waals surface area contributed by atoms with Crippen LogP contribution in [0.25, 0.3) is 0 Å². The van der Waals surface area contributed by atoms with E-state index in [-0.39, 0.29) is 18.3 Å². The predicted octanol–water partition coefficient (Wildman–Crippen LogP) is 5.00. The summed E-state index contributed by atoms with van der Waals surface area (Å²) in [5, 5.41) is 0. The Kier molecular flexibility index (Phi) is 5.76. The highest BCUT2D eigenvalue weighted by molar-refractivity contribution is 9.10. The second-order valence-corrected chi connectivity index (χ2v) is 8.02. The van der Waals surface area contributed by atoms with E-state index in [1.807, 2.05) is 54.6 Å². The van der Waals surface area contributed by atoms with Crippen molar-refractivity contribution in [2.24, 2.45) is 5.92 Å². The van der Waals surface area contributed by atoms with E-state index < -0.39 is 5.92 Å². The van der Waals surface area contributed by atoms with E-state index in [2.05, 4.69) is 28.1 Å². The van der Waals surface area contributed by atoms with Gasteiger partial charge in [-0.15, -0.1) is 0 Å². The summed E-state index contributed by atoms with van der Waals surface area (Å²) in [7, 11) is 0. The van der Waals surface area contributed by atoms with Crippen molar-refractivity contribution >= 4 is 33.5 Å². The molecule has 5 heteroatoms. The third-order valence-corrected chi connectivity index (χ3v) is 5.52. The Hall–Kier alpha value is -2.92. The van der Waals surface area contributed by atoms with Gasteiger partial charge in [-0.3, -0.25) is 9.59 Å². The van der Waals surface area contributed by atoms with Gasteiger partial charge < -0.3 is 9.64 Å². The van der Waals surface area contributed by atoms with Crippen LogP contribution in [0.5, 0.6) is 5.75 Å². The molecule has 1 atom stereocenters. The molecule has 0 bridgehead atoms. The van der Waals surface area contributed by atoms with Gasteiger partial charge in [0.2, 0.25) is 5.91 Å². The maximum atomic E-state index is 12.6. The van der Waals surface area contributed by atoms with E-state index in [1.165, 1.54) is 5.56 Å². The van der Waals surface area contributed by atoms with Gasteiger partial charge in [0.15, 0.2) is 0 Å². The van der Waals surface area contributed by atoms with Gasteiger partial charge in [-0.1, -0.05) is 58.4 Å². The van der Waals surface area contributed by atoms with E-state index in [4.69, 9.17) is 4.74 Å². The molecule has 4 rings (SSSR count). The number of amides is 1. The lowest BCUT2D eigenvalue weighted by Crippen LogP contribution is -2.27. The Morgan fingerprint density at radius 3 is 2.28 bits per heavy atom. The summed E-state index contributed by atoms with van der Waals surface area (Å²) in [5.74, 6) is -0.391. The molecule has 3 aromatic rings. The van der Waals surface area contributed by atoms with Crippen molar-refractivity contribution in [2.75, 3.05) is 11.4 Å². The molecule has 1 aliphatic heterocycles. The molecule has 0 aliphatic carbocycles. The monoisotopic (exact) mass is 449 g/mol. The van der Waals surface area contributed by atoms with Crippen molar-refractivity contribution in [3.8, 4) is 5.75 Å². The number of anilines is 1. The maximum Gasteiger partial charge on any atom is 0.316 e. The Balaban J connectivity index is 1.37. The lowest BCUT2D eigenvalue weighted by molar-refractivity contribution is -0.139. The molecule has 4 nitrogen and oxygen atoms in total. The number of hydrogen-bond donors (Lipinski definition) is 0. The first-order chi connectivity index (χ1) is 14.1. The van der Waals surface area contributed by atoms with Gasteiger partial charge in [-0.05, 0) is 53.9 Å². The van der Waals surface area contributed by atoms with Gasteiger partial charge in [0.1, 0.15) is 5.75 Å². The maximum absolute atomic E-state index is 12.6. The highest BCUT2D eigenvalue weighted by atomic mass is 79.9. The second-order valence-electron chi connectivity index (χ2n) is 7.11. The number of esters is 1. The molecule has 0 saturated carbocycles. The third kappa shape index (κ3) is 4.74. The fraction of sp³-hybridized carbons (Fsp3) is 0.167. The Morgan fingerprint density at radius 1 is 0.931 bits per heavy atom. The van der Waals surface area contributed by atoms with Crippen LogP contribution in [0.15, 0.2) is 83.3 Å². The predicted molar refractivity (Wildman–Crippen MR) is 116 cm³/mol. The number of halogens is 1. The lowest BCUT2D eigenvalue weighted by Gasteiger charge is -2.16. The van der Waals surface area contributed by atoms with Crippen LogP contribution in [0, 0.1) is 5.92 Å². The topological polar surface area (TPSA) is 46.6 Å². The van der Waals surface area contributed by atoms with Crippen LogP contribution in [0.2, 0.25) is 0 Å². The molecule has 1 amide bonds. The zero-order valence-electron chi connectivity index (χ0n) is 15.8. The van der Waals surface area contributed by atoms with Crippen molar-refractivity contribution in [3.63, 3.8) is 0 Å². The minimum Gasteiger partial charge on any atom is -0.426 e. The molecule has 0 aromatic heterocycles. The van der Waals surface area contributed by atoms with Crippen LogP contribution >= 0.6 is 15.9 Å². The summed E-state index contributed by atoms with van der Waals surface area (Å²) >= 11 is 3.39. The third-order valence-electron chi connectivity index (χ3n) is 4.99. The zero-order chi connectivity index (χ0) is 20.2. The van der Waals surface area contributed by atoms with Crippen LogP contribution in [0.4, 0.5) is 5.69 Å². The lowest BCUT2D eigenvalue weighted by atomic mass is 10.1. The number of hydrogen-bond acceptors (Lipinski definition) is 3. The normalized spacial score (nSPS) is 16.1. The molecular weight excluding hydrogens is 430 g/mol. The number of carbonyl (C=O) groups excluding carboxylic acids is 2. The molecule has 29 heavy (non-hydrogen) atoms. The fourth-order valence-corrected chi connectivity index (χ4v) is 3.71. The van der Waals surface area contributed by atoms with Crippen LogP contribution < -0.4 is 9.64 Å². The molecule has 1 heterocycles. The first-order valence-corrected chi connectivity index (χ1v) is 10.3. The highest BCUT2D eigenvalue weighted by Crippen LogP contribution is 2.27. The smallest absolute Gasteiger partial charge is 0.316 e. The Bertz CT molecular complexity index is 1000. The largest absolute Gasteiger partial charge is 0.426 e. The fourth-order valence-electron chi connectivity index (χ4n) is 3.44. The molecule has 0 spiro atoms. The van der Waals surface area contributed by atoms with E-state index in [9.17, 15) is 9.59 Å². The summed E-state index contributed by atoms with van der Waals surface area (Å²) in [6.07, 6.45) is 0.995. The van der Waals surface area contributed by atoms with Crippen LogP contribution in [0.1, 0.15) is 17.5 Å². The Labute approximate surface area is 178 Å². The summed E-state index contributed by atoms with van der Waals surface area (Å²) in [6.45, 7) is 0.339. The first kappa shape index (κ1) is 19.4. The average Bonchev–Trinajstić information content (AvgIpc) is 3.13. The van der Waals surface area contributed by atoms with Gasteiger partial charge in [0.25, 0.3) is 0 Å².